The second-order valence-corrected chi connectivity index (χ2v) is 7.23. The van der Waals surface area contributed by atoms with Gasteiger partial charge < -0.3 is 9.88 Å². The minimum absolute atomic E-state index is 0.175. The molecule has 0 bridgehead atoms. The van der Waals surface area contributed by atoms with Gasteiger partial charge in [0.2, 0.25) is 0 Å². The lowest BCUT2D eigenvalue weighted by molar-refractivity contribution is 0.102. The van der Waals surface area contributed by atoms with Crippen molar-refractivity contribution in [1.29, 1.82) is 0 Å². The number of halogens is 1. The molecule has 5 heteroatoms. The summed E-state index contributed by atoms with van der Waals surface area (Å²) in [5.41, 5.74) is 4.17. The van der Waals surface area contributed by atoms with E-state index in [4.69, 9.17) is 11.6 Å². The fourth-order valence-electron chi connectivity index (χ4n) is 3.29. The van der Waals surface area contributed by atoms with Crippen molar-refractivity contribution in [2.75, 3.05) is 5.32 Å². The molecule has 0 spiro atoms. The molecule has 3 rings (SSSR count). The Labute approximate surface area is 169 Å². The summed E-state index contributed by atoms with van der Waals surface area (Å²) in [5.74, 6) is -0.385. The SMILES string of the molecule is CCc1cc(=O)c(C(=O)Nc2ccccc2C)c(C)n1Cc1ccc(Cl)cc1. The van der Waals surface area contributed by atoms with Crippen molar-refractivity contribution in [3.63, 3.8) is 0 Å². The smallest absolute Gasteiger partial charge is 0.261 e. The molecule has 0 aliphatic heterocycles. The fourth-order valence-corrected chi connectivity index (χ4v) is 3.42. The number of nitrogens with zero attached hydrogens (tertiary/aromatic N) is 1. The van der Waals surface area contributed by atoms with Crippen molar-refractivity contribution in [2.45, 2.75) is 33.7 Å². The highest BCUT2D eigenvalue weighted by Gasteiger charge is 2.19. The predicted molar refractivity (Wildman–Crippen MR) is 115 cm³/mol. The molecule has 2 aromatic carbocycles. The van der Waals surface area contributed by atoms with Crippen LogP contribution in [0.1, 0.15) is 39.8 Å². The highest BCUT2D eigenvalue weighted by molar-refractivity contribution is 6.30. The molecule has 1 aromatic heterocycles. The van der Waals surface area contributed by atoms with Gasteiger partial charge in [-0.05, 0) is 49.6 Å². The molecule has 144 valence electrons. The molecule has 0 radical (unpaired) electrons. The molecule has 28 heavy (non-hydrogen) atoms. The maximum Gasteiger partial charge on any atom is 0.261 e. The number of amides is 1. The van der Waals surface area contributed by atoms with Gasteiger partial charge in [0, 0.05) is 34.7 Å². The molecule has 0 fully saturated rings. The van der Waals surface area contributed by atoms with E-state index in [-0.39, 0.29) is 16.9 Å². The van der Waals surface area contributed by atoms with Gasteiger partial charge in [0.15, 0.2) is 5.43 Å². The van der Waals surface area contributed by atoms with Gasteiger partial charge in [-0.15, -0.1) is 0 Å². The summed E-state index contributed by atoms with van der Waals surface area (Å²) < 4.78 is 2.03. The third-order valence-electron chi connectivity index (χ3n) is 4.89. The lowest BCUT2D eigenvalue weighted by Crippen LogP contribution is -2.28. The van der Waals surface area contributed by atoms with E-state index in [1.54, 1.807) is 6.07 Å². The maximum absolute atomic E-state index is 12.9. The van der Waals surface area contributed by atoms with Crippen LogP contribution >= 0.6 is 11.6 Å². The van der Waals surface area contributed by atoms with E-state index < -0.39 is 0 Å². The molecule has 1 N–H and O–H groups in total. The number of pyridine rings is 1. The van der Waals surface area contributed by atoms with Gasteiger partial charge in [-0.1, -0.05) is 48.9 Å². The predicted octanol–water partition coefficient (Wildman–Crippen LogP) is 4.98. The molecule has 0 aliphatic carbocycles. The molecule has 0 unspecified atom stereocenters. The number of hydrogen-bond donors (Lipinski definition) is 1. The first-order valence-electron chi connectivity index (χ1n) is 9.25. The summed E-state index contributed by atoms with van der Waals surface area (Å²) in [5, 5.41) is 3.55. The normalized spacial score (nSPS) is 10.7. The first-order chi connectivity index (χ1) is 13.4. The van der Waals surface area contributed by atoms with Crippen molar-refractivity contribution in [3.8, 4) is 0 Å². The number of anilines is 1. The van der Waals surface area contributed by atoms with E-state index in [2.05, 4.69) is 5.32 Å². The molecular weight excluding hydrogens is 372 g/mol. The van der Waals surface area contributed by atoms with Gasteiger partial charge in [-0.3, -0.25) is 9.59 Å². The molecule has 0 saturated carbocycles. The number of rotatable bonds is 5. The quantitative estimate of drug-likeness (QED) is 0.663. The molecule has 3 aromatic rings. The van der Waals surface area contributed by atoms with Crippen LogP contribution in [-0.4, -0.2) is 10.5 Å². The van der Waals surface area contributed by atoms with Crippen LogP contribution in [0.3, 0.4) is 0 Å². The van der Waals surface area contributed by atoms with E-state index in [9.17, 15) is 9.59 Å². The van der Waals surface area contributed by atoms with Gasteiger partial charge in [0.05, 0.1) is 0 Å². The zero-order chi connectivity index (χ0) is 20.3. The van der Waals surface area contributed by atoms with Crippen molar-refractivity contribution in [2.24, 2.45) is 0 Å². The van der Waals surface area contributed by atoms with E-state index in [0.717, 1.165) is 16.8 Å². The van der Waals surface area contributed by atoms with Crippen molar-refractivity contribution in [1.82, 2.24) is 4.57 Å². The number of benzene rings is 2. The fraction of sp³-hybridized carbons (Fsp3) is 0.217. The number of hydrogen-bond acceptors (Lipinski definition) is 2. The lowest BCUT2D eigenvalue weighted by Gasteiger charge is -2.19. The standard InChI is InChI=1S/C23H23ClN2O2/c1-4-19-13-21(27)22(23(28)25-20-8-6-5-7-15(20)2)16(3)26(19)14-17-9-11-18(24)12-10-17/h5-13H,4,14H2,1-3H3,(H,25,28). The average Bonchev–Trinajstić information content (AvgIpc) is 2.67. The van der Waals surface area contributed by atoms with E-state index in [1.807, 2.05) is 73.9 Å². The highest BCUT2D eigenvalue weighted by atomic mass is 35.5. The Hall–Kier alpha value is -2.85. The number of carbonyl (C=O) groups excluding carboxylic acids is 1. The highest BCUT2D eigenvalue weighted by Crippen LogP contribution is 2.18. The third kappa shape index (κ3) is 4.18. The first-order valence-corrected chi connectivity index (χ1v) is 9.63. The van der Waals surface area contributed by atoms with Gasteiger partial charge in [-0.2, -0.15) is 0 Å². The van der Waals surface area contributed by atoms with Gasteiger partial charge in [-0.25, -0.2) is 0 Å². The Morgan fingerprint density at radius 2 is 1.75 bits per heavy atom. The van der Waals surface area contributed by atoms with Crippen LogP contribution < -0.4 is 10.7 Å². The Morgan fingerprint density at radius 3 is 2.39 bits per heavy atom. The molecule has 1 amide bonds. The average molecular weight is 395 g/mol. The summed E-state index contributed by atoms with van der Waals surface area (Å²) >= 11 is 5.98. The largest absolute Gasteiger partial charge is 0.343 e. The molecule has 1 heterocycles. The topological polar surface area (TPSA) is 51.1 Å². The van der Waals surface area contributed by atoms with E-state index >= 15 is 0 Å². The minimum Gasteiger partial charge on any atom is -0.343 e. The van der Waals surface area contributed by atoms with Crippen LogP contribution in [-0.2, 0) is 13.0 Å². The molecule has 4 nitrogen and oxygen atoms in total. The minimum atomic E-state index is -0.385. The Bertz CT molecular complexity index is 1070. The van der Waals surface area contributed by atoms with Gasteiger partial charge in [0.25, 0.3) is 5.91 Å². The summed E-state index contributed by atoms with van der Waals surface area (Å²) in [4.78, 5) is 25.6. The molecular formula is C23H23ClN2O2. The van der Waals surface area contributed by atoms with Gasteiger partial charge >= 0.3 is 0 Å². The number of para-hydroxylation sites is 1. The maximum atomic E-state index is 12.9. The van der Waals surface area contributed by atoms with Crippen LogP contribution in [0.25, 0.3) is 0 Å². The first kappa shape index (κ1) is 19.9. The Balaban J connectivity index is 2.02. The van der Waals surface area contributed by atoms with Crippen LogP contribution in [0.2, 0.25) is 5.02 Å². The number of carbonyl (C=O) groups is 1. The summed E-state index contributed by atoms with van der Waals surface area (Å²) in [6.07, 6.45) is 0.698. The second-order valence-electron chi connectivity index (χ2n) is 6.80. The van der Waals surface area contributed by atoms with Crippen molar-refractivity contribution >= 4 is 23.2 Å². The van der Waals surface area contributed by atoms with Crippen LogP contribution in [0, 0.1) is 13.8 Å². The zero-order valence-electron chi connectivity index (χ0n) is 16.3. The molecule has 0 aliphatic rings. The van der Waals surface area contributed by atoms with Crippen LogP contribution in [0.15, 0.2) is 59.4 Å². The van der Waals surface area contributed by atoms with E-state index in [0.29, 0.717) is 29.4 Å². The summed E-state index contributed by atoms with van der Waals surface area (Å²) in [6, 6.07) is 16.7. The second kappa shape index (κ2) is 8.44. The van der Waals surface area contributed by atoms with E-state index in [1.165, 1.54) is 0 Å². The molecule has 0 saturated heterocycles. The zero-order valence-corrected chi connectivity index (χ0v) is 17.0. The molecule has 0 atom stereocenters. The number of aryl methyl sites for hydroxylation is 2. The summed E-state index contributed by atoms with van der Waals surface area (Å²) in [7, 11) is 0. The van der Waals surface area contributed by atoms with Gasteiger partial charge in [0.1, 0.15) is 5.56 Å². The van der Waals surface area contributed by atoms with Crippen molar-refractivity contribution in [3.05, 3.63) is 97.9 Å². The number of nitrogens with one attached hydrogen (secondary N) is 1. The Morgan fingerprint density at radius 1 is 1.07 bits per heavy atom. The Kier molecular flexibility index (Phi) is 6.00. The van der Waals surface area contributed by atoms with Crippen LogP contribution in [0.5, 0.6) is 0 Å². The summed E-state index contributed by atoms with van der Waals surface area (Å²) in [6.45, 7) is 6.31. The number of aromatic nitrogens is 1. The monoisotopic (exact) mass is 394 g/mol. The third-order valence-corrected chi connectivity index (χ3v) is 5.15. The lowest BCUT2D eigenvalue weighted by atomic mass is 10.1. The van der Waals surface area contributed by atoms with Crippen molar-refractivity contribution < 1.29 is 4.79 Å². The van der Waals surface area contributed by atoms with Crippen LogP contribution in [0.4, 0.5) is 5.69 Å².